The summed E-state index contributed by atoms with van der Waals surface area (Å²) in [7, 11) is 0. The van der Waals surface area contributed by atoms with E-state index in [1.165, 1.54) is 22.3 Å². The van der Waals surface area contributed by atoms with Gasteiger partial charge in [0, 0.05) is 0 Å². The summed E-state index contributed by atoms with van der Waals surface area (Å²) in [6, 6.07) is 29.4. The lowest BCUT2D eigenvalue weighted by molar-refractivity contribution is 1.60. The molecular formula is C20H16. The summed E-state index contributed by atoms with van der Waals surface area (Å²) in [5.74, 6) is 0. The average Bonchev–Trinajstić information content (AvgIpc) is 2.55. The van der Waals surface area contributed by atoms with E-state index in [1.807, 2.05) is 12.1 Å². The van der Waals surface area contributed by atoms with Gasteiger partial charge >= 0.3 is 0 Å². The third kappa shape index (κ3) is 3.04. The van der Waals surface area contributed by atoms with Gasteiger partial charge in [0.05, 0.1) is 0 Å². The Balaban J connectivity index is 1.87. The van der Waals surface area contributed by atoms with Crippen molar-refractivity contribution in [3.63, 3.8) is 0 Å². The van der Waals surface area contributed by atoms with Gasteiger partial charge in [0.25, 0.3) is 0 Å². The first-order valence-corrected chi connectivity index (χ1v) is 6.80. The molecule has 3 rings (SSSR count). The van der Waals surface area contributed by atoms with Crippen molar-refractivity contribution < 1.29 is 0 Å². The topological polar surface area (TPSA) is 0 Å². The predicted octanol–water partition coefficient (Wildman–Crippen LogP) is 5.52. The summed E-state index contributed by atoms with van der Waals surface area (Å²) in [5, 5.41) is 0. The molecule has 0 saturated carbocycles. The third-order valence-electron chi connectivity index (χ3n) is 3.26. The Morgan fingerprint density at radius 1 is 0.450 bits per heavy atom. The molecule has 0 bridgehead atoms. The van der Waals surface area contributed by atoms with Crippen LogP contribution in [0.25, 0.3) is 23.3 Å². The number of benzene rings is 3. The Hall–Kier alpha value is -2.60. The molecule has 0 aromatic heterocycles. The number of hydrogen-bond acceptors (Lipinski definition) is 0. The average molecular weight is 256 g/mol. The summed E-state index contributed by atoms with van der Waals surface area (Å²) in [5.41, 5.74) is 4.94. The van der Waals surface area contributed by atoms with E-state index in [1.54, 1.807) is 0 Å². The van der Waals surface area contributed by atoms with Crippen LogP contribution in [0.1, 0.15) is 11.1 Å². The standard InChI is InChI=1S/C20H16/c1-3-8-17(9-4-1)14-15-18-10-7-13-20(16-18)19-11-5-2-6-12-19/h1-16H/b15-14+. The van der Waals surface area contributed by atoms with Crippen LogP contribution in [0.5, 0.6) is 0 Å². The third-order valence-corrected chi connectivity index (χ3v) is 3.26. The Labute approximate surface area is 120 Å². The maximum Gasteiger partial charge on any atom is -0.0178 e. The van der Waals surface area contributed by atoms with Crippen molar-refractivity contribution in [1.29, 1.82) is 0 Å². The van der Waals surface area contributed by atoms with E-state index in [-0.39, 0.29) is 0 Å². The Bertz CT molecular complexity index is 694. The van der Waals surface area contributed by atoms with Gasteiger partial charge in [0.2, 0.25) is 0 Å². The molecule has 0 heteroatoms. The zero-order valence-corrected chi connectivity index (χ0v) is 11.2. The molecule has 0 aliphatic heterocycles. The van der Waals surface area contributed by atoms with E-state index >= 15 is 0 Å². The highest BCUT2D eigenvalue weighted by molar-refractivity contribution is 5.73. The van der Waals surface area contributed by atoms with Gasteiger partial charge in [0.1, 0.15) is 0 Å². The van der Waals surface area contributed by atoms with Crippen LogP contribution >= 0.6 is 0 Å². The van der Waals surface area contributed by atoms with Crippen LogP contribution in [0.3, 0.4) is 0 Å². The number of hydrogen-bond donors (Lipinski definition) is 0. The van der Waals surface area contributed by atoms with E-state index in [2.05, 4.69) is 84.9 Å². The molecule has 0 unspecified atom stereocenters. The lowest BCUT2D eigenvalue weighted by Crippen LogP contribution is -1.78. The second kappa shape index (κ2) is 6.03. The molecule has 20 heavy (non-hydrogen) atoms. The minimum Gasteiger partial charge on any atom is -0.0622 e. The van der Waals surface area contributed by atoms with Crippen molar-refractivity contribution in [2.75, 3.05) is 0 Å². The van der Waals surface area contributed by atoms with Gasteiger partial charge in [-0.25, -0.2) is 0 Å². The van der Waals surface area contributed by atoms with Gasteiger partial charge in [-0.15, -0.1) is 0 Å². The normalized spacial score (nSPS) is 10.8. The van der Waals surface area contributed by atoms with Crippen molar-refractivity contribution in [2.24, 2.45) is 0 Å². The highest BCUT2D eigenvalue weighted by atomic mass is 14.0. The second-order valence-corrected chi connectivity index (χ2v) is 4.74. The molecule has 0 spiro atoms. The van der Waals surface area contributed by atoms with Crippen LogP contribution in [-0.2, 0) is 0 Å². The van der Waals surface area contributed by atoms with Crippen LogP contribution in [0.15, 0.2) is 84.9 Å². The van der Waals surface area contributed by atoms with E-state index in [9.17, 15) is 0 Å². The van der Waals surface area contributed by atoms with E-state index in [4.69, 9.17) is 0 Å². The summed E-state index contributed by atoms with van der Waals surface area (Å²) in [4.78, 5) is 0. The van der Waals surface area contributed by atoms with E-state index < -0.39 is 0 Å². The maximum atomic E-state index is 2.22. The van der Waals surface area contributed by atoms with Gasteiger partial charge in [-0.2, -0.15) is 0 Å². The Kier molecular flexibility index (Phi) is 3.75. The molecule has 0 atom stereocenters. The van der Waals surface area contributed by atoms with Crippen molar-refractivity contribution in [2.45, 2.75) is 0 Å². The molecular weight excluding hydrogens is 240 g/mol. The highest BCUT2D eigenvalue weighted by Crippen LogP contribution is 2.21. The highest BCUT2D eigenvalue weighted by Gasteiger charge is 1.96. The molecule has 96 valence electrons. The van der Waals surface area contributed by atoms with Crippen molar-refractivity contribution >= 4 is 12.2 Å². The van der Waals surface area contributed by atoms with Crippen LogP contribution in [-0.4, -0.2) is 0 Å². The lowest BCUT2D eigenvalue weighted by atomic mass is 10.0. The monoisotopic (exact) mass is 256 g/mol. The number of rotatable bonds is 3. The summed E-state index contributed by atoms with van der Waals surface area (Å²) < 4.78 is 0. The Morgan fingerprint density at radius 2 is 1.00 bits per heavy atom. The summed E-state index contributed by atoms with van der Waals surface area (Å²) in [6.45, 7) is 0. The molecule has 3 aromatic carbocycles. The van der Waals surface area contributed by atoms with E-state index in [0.717, 1.165) is 0 Å². The quantitative estimate of drug-likeness (QED) is 0.541. The SMILES string of the molecule is C(=C\c1cccc(-c2ccccc2)c1)/c1ccccc1. The molecule has 0 fully saturated rings. The first kappa shape index (κ1) is 12.4. The largest absolute Gasteiger partial charge is 0.0622 e. The van der Waals surface area contributed by atoms with Crippen molar-refractivity contribution in [3.05, 3.63) is 96.1 Å². The first-order valence-electron chi connectivity index (χ1n) is 6.80. The van der Waals surface area contributed by atoms with Crippen molar-refractivity contribution in [1.82, 2.24) is 0 Å². The van der Waals surface area contributed by atoms with Gasteiger partial charge in [-0.05, 0) is 28.3 Å². The minimum atomic E-state index is 1.22. The molecule has 3 aromatic rings. The predicted molar refractivity (Wildman–Crippen MR) is 87.2 cm³/mol. The van der Waals surface area contributed by atoms with Crippen LogP contribution in [0.4, 0.5) is 0 Å². The molecule has 0 heterocycles. The molecule has 0 nitrogen and oxygen atoms in total. The molecule has 0 saturated heterocycles. The summed E-state index contributed by atoms with van der Waals surface area (Å²) >= 11 is 0. The fourth-order valence-electron chi connectivity index (χ4n) is 2.21. The van der Waals surface area contributed by atoms with E-state index in [0.29, 0.717) is 0 Å². The van der Waals surface area contributed by atoms with Crippen LogP contribution in [0.2, 0.25) is 0 Å². The minimum absolute atomic E-state index is 1.22. The maximum absolute atomic E-state index is 2.22. The second-order valence-electron chi connectivity index (χ2n) is 4.74. The van der Waals surface area contributed by atoms with Crippen LogP contribution < -0.4 is 0 Å². The van der Waals surface area contributed by atoms with Gasteiger partial charge in [-0.1, -0.05) is 91.0 Å². The van der Waals surface area contributed by atoms with Gasteiger partial charge in [0.15, 0.2) is 0 Å². The van der Waals surface area contributed by atoms with Crippen LogP contribution in [0, 0.1) is 0 Å². The Morgan fingerprint density at radius 3 is 1.75 bits per heavy atom. The zero-order valence-electron chi connectivity index (χ0n) is 11.2. The van der Waals surface area contributed by atoms with Gasteiger partial charge in [-0.3, -0.25) is 0 Å². The molecule has 0 N–H and O–H groups in total. The summed E-state index contributed by atoms with van der Waals surface area (Å²) in [6.07, 6.45) is 4.30. The lowest BCUT2D eigenvalue weighted by Gasteiger charge is -2.02. The van der Waals surface area contributed by atoms with Gasteiger partial charge < -0.3 is 0 Å². The smallest absolute Gasteiger partial charge is 0.0178 e. The molecule has 0 radical (unpaired) electrons. The molecule has 0 amide bonds. The molecule has 0 aliphatic rings. The molecule has 0 aliphatic carbocycles. The first-order chi connectivity index (χ1) is 9.92. The fourth-order valence-corrected chi connectivity index (χ4v) is 2.21. The fraction of sp³-hybridized carbons (Fsp3) is 0. The zero-order chi connectivity index (χ0) is 13.6. The van der Waals surface area contributed by atoms with Crippen molar-refractivity contribution in [3.8, 4) is 11.1 Å².